The van der Waals surface area contributed by atoms with Gasteiger partial charge in [-0.15, -0.1) is 0 Å². The van der Waals surface area contributed by atoms with Crippen molar-refractivity contribution in [2.45, 2.75) is 6.55 Å². The highest BCUT2D eigenvalue weighted by Crippen LogP contribution is 2.02. The van der Waals surface area contributed by atoms with Crippen molar-refractivity contribution in [2.24, 2.45) is 0 Å². The third-order valence-electron chi connectivity index (χ3n) is 1.17. The molecule has 0 aromatic rings. The van der Waals surface area contributed by atoms with Crippen LogP contribution in [0.25, 0.3) is 0 Å². The van der Waals surface area contributed by atoms with E-state index in [9.17, 15) is 14.9 Å². The highest BCUT2D eigenvalue weighted by molar-refractivity contribution is 7.86. The number of thiocarbonyl (C=S) groups is 1. The maximum atomic E-state index is 10.3. The van der Waals surface area contributed by atoms with Crippen LogP contribution in [0.15, 0.2) is 0 Å². The lowest BCUT2D eigenvalue weighted by Gasteiger charge is -2.04. The molecule has 0 rings (SSSR count). The molecule has 0 heterocycles. The first-order valence-electron chi connectivity index (χ1n) is 2.54. The van der Waals surface area contributed by atoms with Crippen LogP contribution in [0.3, 0.4) is 0 Å². The molecule has 0 bridgehead atoms. The number of carbonyl (C=O) groups is 1. The molecule has 0 radical (unpaired) electrons. The smallest absolute Gasteiger partial charge is 0.301 e. The maximum absolute atomic E-state index is 10.3. The molecule has 5 nitrogen and oxygen atoms in total. The lowest BCUT2D eigenvalue weighted by atomic mass is 10.9. The molecule has 0 saturated heterocycles. The van der Waals surface area contributed by atoms with Gasteiger partial charge in [-0.25, -0.2) is 0 Å². The summed E-state index contributed by atoms with van der Waals surface area (Å²) in [4.78, 5) is 20.5. The SMILES string of the molecule is C[Si](C=O)(C(=S)C#N)[N+](=O)[O-]. The quantitative estimate of drug-likeness (QED) is 0.205. The molecule has 11 heavy (non-hydrogen) atoms. The first kappa shape index (κ1) is 9.87. The van der Waals surface area contributed by atoms with E-state index in [0.717, 1.165) is 6.55 Å². The first-order valence-corrected chi connectivity index (χ1v) is 5.47. The summed E-state index contributed by atoms with van der Waals surface area (Å²) in [7, 11) is -3.49. The van der Waals surface area contributed by atoms with Crippen molar-refractivity contribution >= 4 is 30.9 Å². The molecule has 0 saturated carbocycles. The summed E-state index contributed by atoms with van der Waals surface area (Å²) in [6.07, 6.45) is 0. The summed E-state index contributed by atoms with van der Waals surface area (Å²) in [6.45, 7) is 1.13. The van der Waals surface area contributed by atoms with E-state index in [4.69, 9.17) is 5.26 Å². The standard InChI is InChI=1S/C4H4N2O3SSi/c1-11(3-7,6(8)9)4(10)2-5/h3H,1H3. The summed E-state index contributed by atoms with van der Waals surface area (Å²) in [6, 6.07) is 1.46. The number of rotatable bonds is 3. The Morgan fingerprint density at radius 3 is 2.45 bits per heavy atom. The van der Waals surface area contributed by atoms with Gasteiger partial charge in [-0.3, -0.25) is 10.1 Å². The second-order valence-electron chi connectivity index (χ2n) is 1.96. The highest BCUT2D eigenvalue weighted by atomic mass is 32.1. The van der Waals surface area contributed by atoms with Crippen LogP contribution in [0.4, 0.5) is 0 Å². The van der Waals surface area contributed by atoms with E-state index in [1.807, 2.05) is 0 Å². The number of nitriles is 1. The van der Waals surface area contributed by atoms with E-state index in [1.54, 1.807) is 0 Å². The van der Waals surface area contributed by atoms with E-state index in [1.165, 1.54) is 6.07 Å². The zero-order valence-electron chi connectivity index (χ0n) is 5.60. The number of carbonyl (C=O) groups excluding carboxylic acids is 1. The van der Waals surface area contributed by atoms with E-state index in [0.29, 0.717) is 0 Å². The molecule has 0 aliphatic rings. The number of hydrogen-bond donors (Lipinski definition) is 0. The van der Waals surface area contributed by atoms with Crippen molar-refractivity contribution in [1.82, 2.24) is 0 Å². The average Bonchev–Trinajstić information content (AvgIpc) is 2.01. The van der Waals surface area contributed by atoms with Crippen LogP contribution in [-0.4, -0.2) is 23.2 Å². The van der Waals surface area contributed by atoms with Crippen LogP contribution >= 0.6 is 12.2 Å². The molecule has 0 aromatic heterocycles. The third kappa shape index (κ3) is 1.66. The van der Waals surface area contributed by atoms with Crippen LogP contribution < -0.4 is 0 Å². The van der Waals surface area contributed by atoms with Gasteiger partial charge in [-0.2, -0.15) is 5.26 Å². The Morgan fingerprint density at radius 2 is 2.36 bits per heavy atom. The molecule has 0 aliphatic heterocycles. The van der Waals surface area contributed by atoms with Crippen LogP contribution in [0.5, 0.6) is 0 Å². The topological polar surface area (TPSA) is 84.0 Å². The van der Waals surface area contributed by atoms with Crippen LogP contribution in [0, 0.1) is 21.4 Å². The van der Waals surface area contributed by atoms with Gasteiger partial charge in [0.1, 0.15) is 6.07 Å². The second kappa shape index (κ2) is 3.31. The van der Waals surface area contributed by atoms with Crippen molar-refractivity contribution in [3.63, 3.8) is 0 Å². The van der Waals surface area contributed by atoms with Gasteiger partial charge in [0.2, 0.25) is 0 Å². The summed E-state index contributed by atoms with van der Waals surface area (Å²) >= 11 is 4.39. The Kier molecular flexibility index (Phi) is 2.97. The molecule has 0 spiro atoms. The van der Waals surface area contributed by atoms with Crippen molar-refractivity contribution in [3.8, 4) is 6.07 Å². The molecule has 7 heteroatoms. The number of nitrogens with zero attached hydrogens (tertiary/aromatic N) is 2. The maximum Gasteiger partial charge on any atom is 0.538 e. The predicted octanol–water partition coefficient (Wildman–Crippen LogP) is 0.0430. The number of nitro groups is 1. The minimum Gasteiger partial charge on any atom is -0.301 e. The van der Waals surface area contributed by atoms with Crippen LogP contribution in [-0.2, 0) is 4.79 Å². The van der Waals surface area contributed by atoms with Gasteiger partial charge in [0.25, 0.3) is 0 Å². The molecule has 0 aliphatic carbocycles. The van der Waals surface area contributed by atoms with Gasteiger partial charge >= 0.3 is 8.24 Å². The largest absolute Gasteiger partial charge is 0.538 e. The molecule has 0 amide bonds. The molecule has 1 atom stereocenters. The van der Waals surface area contributed by atoms with Crippen LogP contribution in [0.2, 0.25) is 6.55 Å². The lowest BCUT2D eigenvalue weighted by Crippen LogP contribution is -2.50. The fourth-order valence-corrected chi connectivity index (χ4v) is 1.25. The Hall–Kier alpha value is -1.13. The normalized spacial score (nSPS) is 14.2. The molecule has 0 aromatic carbocycles. The zero-order chi connectivity index (χ0) is 9.07. The summed E-state index contributed by atoms with van der Waals surface area (Å²) in [5.74, 6) is 0.193. The summed E-state index contributed by atoms with van der Waals surface area (Å²) in [5, 5.41) is 18.5. The van der Waals surface area contributed by atoms with Gasteiger partial charge in [-0.1, -0.05) is 12.2 Å². The monoisotopic (exact) mass is 188 g/mol. The van der Waals surface area contributed by atoms with Gasteiger partial charge in [0, 0.05) is 6.55 Å². The van der Waals surface area contributed by atoms with Crippen LogP contribution in [0.1, 0.15) is 0 Å². The minimum atomic E-state index is -3.49. The van der Waals surface area contributed by atoms with Crippen molar-refractivity contribution in [1.29, 1.82) is 5.26 Å². The highest BCUT2D eigenvalue weighted by Gasteiger charge is 2.50. The first-order chi connectivity index (χ1) is 4.99. The fourth-order valence-electron chi connectivity index (χ4n) is 0.293. The minimum absolute atomic E-state index is 0.193. The Morgan fingerprint density at radius 1 is 1.91 bits per heavy atom. The Bertz CT molecular complexity index is 261. The van der Waals surface area contributed by atoms with E-state index in [2.05, 4.69) is 12.2 Å². The molecular formula is C4H4N2O3SSi. The Balaban J connectivity index is 4.93. The lowest BCUT2D eigenvalue weighted by molar-refractivity contribution is -0.332. The van der Waals surface area contributed by atoms with E-state index >= 15 is 0 Å². The zero-order valence-corrected chi connectivity index (χ0v) is 7.42. The summed E-state index contributed by atoms with van der Waals surface area (Å²) in [5.41, 5.74) is 0. The van der Waals surface area contributed by atoms with Gasteiger partial charge in [0.15, 0.2) is 10.4 Å². The third-order valence-corrected chi connectivity index (χ3v) is 4.75. The van der Waals surface area contributed by atoms with Crippen molar-refractivity contribution in [3.05, 3.63) is 10.1 Å². The molecule has 58 valence electrons. The molecule has 0 N–H and O–H groups in total. The van der Waals surface area contributed by atoms with Gasteiger partial charge in [0.05, 0.1) is 0 Å². The van der Waals surface area contributed by atoms with Gasteiger partial charge < -0.3 is 4.79 Å². The molecular weight excluding hydrogens is 184 g/mol. The van der Waals surface area contributed by atoms with Crippen molar-refractivity contribution < 1.29 is 9.38 Å². The average molecular weight is 188 g/mol. The Labute approximate surface area is 68.9 Å². The predicted molar refractivity (Wildman–Crippen MR) is 43.6 cm³/mol. The molecule has 1 unspecified atom stereocenters. The van der Waals surface area contributed by atoms with Gasteiger partial charge in [-0.05, 0) is 4.59 Å². The fraction of sp³-hybridized carbons (Fsp3) is 0.250. The number of hydrogen-bond acceptors (Lipinski definition) is 5. The second-order valence-corrected chi connectivity index (χ2v) is 6.13. The van der Waals surface area contributed by atoms with Crippen molar-refractivity contribution in [2.75, 3.05) is 0 Å². The summed E-state index contributed by atoms with van der Waals surface area (Å²) < 4.78 is -1.14. The van der Waals surface area contributed by atoms with E-state index in [-0.39, 0.29) is 5.91 Å². The molecule has 0 fully saturated rings. The van der Waals surface area contributed by atoms with E-state index < -0.39 is 17.3 Å².